The molecular formula is C38H40N2O5. The smallest absolute Gasteiger partial charge is 0.328 e. The average molecular weight is 605 g/mol. The predicted molar refractivity (Wildman–Crippen MR) is 175 cm³/mol. The normalized spacial score (nSPS) is 14.0. The fourth-order valence-corrected chi connectivity index (χ4v) is 5.76. The number of benzene rings is 4. The summed E-state index contributed by atoms with van der Waals surface area (Å²) >= 11 is 0. The summed E-state index contributed by atoms with van der Waals surface area (Å²) in [7, 11) is 1.35. The van der Waals surface area contributed by atoms with Crippen LogP contribution in [-0.4, -0.2) is 44.0 Å². The highest BCUT2D eigenvalue weighted by atomic mass is 16.5. The van der Waals surface area contributed by atoms with E-state index in [-0.39, 0.29) is 17.1 Å². The van der Waals surface area contributed by atoms with Gasteiger partial charge in [-0.1, -0.05) is 91.3 Å². The van der Waals surface area contributed by atoms with Crippen LogP contribution in [0, 0.1) is 5.41 Å². The number of ketones is 1. The second kappa shape index (κ2) is 15.2. The first-order chi connectivity index (χ1) is 22.0. The highest BCUT2D eigenvalue weighted by Gasteiger charge is 2.43. The first-order valence-corrected chi connectivity index (χ1v) is 15.5. The summed E-state index contributed by atoms with van der Waals surface area (Å²) < 4.78 is 11.0. The molecule has 1 fully saturated rings. The van der Waals surface area contributed by atoms with E-state index in [1.807, 2.05) is 66.7 Å². The Hall–Kier alpha value is -4.91. The Labute approximate surface area is 265 Å². The molecule has 0 bridgehead atoms. The van der Waals surface area contributed by atoms with Crippen molar-refractivity contribution in [2.45, 2.75) is 44.6 Å². The van der Waals surface area contributed by atoms with Crippen molar-refractivity contribution in [1.29, 1.82) is 0 Å². The quantitative estimate of drug-likeness (QED) is 0.0925. The van der Waals surface area contributed by atoms with Gasteiger partial charge < -0.3 is 20.1 Å². The minimum absolute atomic E-state index is 0.127. The third-order valence-electron chi connectivity index (χ3n) is 8.44. The lowest BCUT2D eigenvalue weighted by atomic mass is 9.64. The van der Waals surface area contributed by atoms with Gasteiger partial charge in [0.25, 0.3) is 0 Å². The molecule has 1 amide bonds. The summed E-state index contributed by atoms with van der Waals surface area (Å²) in [6.07, 6.45) is 4.80. The monoisotopic (exact) mass is 604 g/mol. The number of para-hydroxylation sites is 1. The predicted octanol–water partition coefficient (Wildman–Crippen LogP) is 6.41. The van der Waals surface area contributed by atoms with E-state index < -0.39 is 12.0 Å². The van der Waals surface area contributed by atoms with Crippen LogP contribution in [0.15, 0.2) is 109 Å². The summed E-state index contributed by atoms with van der Waals surface area (Å²) in [5.41, 5.74) is 3.46. The minimum Gasteiger partial charge on any atom is -0.494 e. The van der Waals surface area contributed by atoms with E-state index in [0.29, 0.717) is 48.6 Å². The van der Waals surface area contributed by atoms with Crippen molar-refractivity contribution >= 4 is 23.3 Å². The zero-order valence-electron chi connectivity index (χ0n) is 25.7. The molecule has 5 rings (SSSR count). The number of esters is 1. The Balaban J connectivity index is 1.11. The van der Waals surface area contributed by atoms with E-state index in [0.717, 1.165) is 31.2 Å². The van der Waals surface area contributed by atoms with Crippen molar-refractivity contribution in [3.05, 3.63) is 131 Å². The molecule has 1 saturated carbocycles. The summed E-state index contributed by atoms with van der Waals surface area (Å²) in [4.78, 5) is 38.9. The molecule has 0 heterocycles. The summed E-state index contributed by atoms with van der Waals surface area (Å²) in [6.45, 7) is 1.04. The second-order valence-electron chi connectivity index (χ2n) is 11.6. The van der Waals surface area contributed by atoms with Gasteiger partial charge in [0.05, 0.1) is 19.1 Å². The number of amides is 1. The third kappa shape index (κ3) is 8.18. The fraction of sp³-hybridized carbons (Fsp3) is 0.289. The number of hydrogen-bond acceptors (Lipinski definition) is 6. The van der Waals surface area contributed by atoms with Gasteiger partial charge in [0, 0.05) is 29.8 Å². The molecule has 4 aromatic rings. The molecule has 0 saturated heterocycles. The summed E-state index contributed by atoms with van der Waals surface area (Å²) in [6, 6.07) is 33.3. The lowest BCUT2D eigenvalue weighted by Gasteiger charge is -2.40. The Morgan fingerprint density at radius 1 is 0.800 bits per heavy atom. The van der Waals surface area contributed by atoms with Gasteiger partial charge in [-0.05, 0) is 61.1 Å². The van der Waals surface area contributed by atoms with Gasteiger partial charge in [0.15, 0.2) is 5.78 Å². The Bertz CT molecular complexity index is 1570. The molecule has 7 heteroatoms. The molecule has 0 aliphatic heterocycles. The van der Waals surface area contributed by atoms with Gasteiger partial charge in [0.1, 0.15) is 11.8 Å². The Kier molecular flexibility index (Phi) is 10.6. The summed E-state index contributed by atoms with van der Waals surface area (Å²) in [5, 5.41) is 6.37. The lowest BCUT2D eigenvalue weighted by Crippen LogP contribution is -2.47. The minimum atomic E-state index is -0.698. The van der Waals surface area contributed by atoms with Crippen molar-refractivity contribution in [1.82, 2.24) is 5.32 Å². The van der Waals surface area contributed by atoms with E-state index in [1.165, 1.54) is 12.7 Å². The number of hydrogen-bond donors (Lipinski definition) is 2. The zero-order valence-corrected chi connectivity index (χ0v) is 25.7. The van der Waals surface area contributed by atoms with Crippen LogP contribution in [0.2, 0.25) is 0 Å². The molecule has 1 aliphatic carbocycles. The van der Waals surface area contributed by atoms with E-state index in [1.54, 1.807) is 30.3 Å². The number of carbonyl (C=O) groups is 3. The number of ether oxygens (including phenoxy) is 2. The van der Waals surface area contributed by atoms with Crippen LogP contribution in [0.25, 0.3) is 0 Å². The molecule has 4 aromatic carbocycles. The maximum Gasteiger partial charge on any atom is 0.328 e. The number of nitrogens with one attached hydrogen (secondary N) is 2. The molecule has 7 nitrogen and oxygen atoms in total. The van der Waals surface area contributed by atoms with Gasteiger partial charge in [0.2, 0.25) is 5.91 Å². The maximum atomic E-state index is 13.2. The fourth-order valence-electron chi connectivity index (χ4n) is 5.76. The molecule has 45 heavy (non-hydrogen) atoms. The maximum absolute atomic E-state index is 13.2. The van der Waals surface area contributed by atoms with Crippen molar-refractivity contribution < 1.29 is 23.9 Å². The second-order valence-corrected chi connectivity index (χ2v) is 11.6. The van der Waals surface area contributed by atoms with Crippen LogP contribution in [0.3, 0.4) is 0 Å². The average Bonchev–Trinajstić information content (AvgIpc) is 3.07. The van der Waals surface area contributed by atoms with Crippen molar-refractivity contribution in [2.24, 2.45) is 5.41 Å². The van der Waals surface area contributed by atoms with Crippen LogP contribution in [0.1, 0.15) is 52.7 Å². The Morgan fingerprint density at radius 2 is 1.47 bits per heavy atom. The Morgan fingerprint density at radius 3 is 2.13 bits per heavy atom. The van der Waals surface area contributed by atoms with E-state index in [9.17, 15) is 14.4 Å². The topological polar surface area (TPSA) is 93.7 Å². The van der Waals surface area contributed by atoms with Crippen LogP contribution < -0.4 is 15.4 Å². The van der Waals surface area contributed by atoms with E-state index in [4.69, 9.17) is 9.47 Å². The number of anilines is 1. The van der Waals surface area contributed by atoms with Gasteiger partial charge in [-0.3, -0.25) is 9.59 Å². The van der Waals surface area contributed by atoms with E-state index >= 15 is 0 Å². The molecular weight excluding hydrogens is 564 g/mol. The molecule has 0 radical (unpaired) electrons. The van der Waals surface area contributed by atoms with Gasteiger partial charge in [-0.15, -0.1) is 0 Å². The molecule has 0 aromatic heterocycles. The molecule has 1 unspecified atom stereocenters. The lowest BCUT2D eigenvalue weighted by molar-refractivity contribution is -0.141. The number of methoxy groups -OCH3 is 1. The molecule has 232 valence electrons. The van der Waals surface area contributed by atoms with Gasteiger partial charge >= 0.3 is 5.97 Å². The molecule has 2 N–H and O–H groups in total. The van der Waals surface area contributed by atoms with Crippen LogP contribution in [0.4, 0.5) is 5.69 Å². The molecule has 1 aliphatic rings. The number of carbonyl (C=O) groups excluding carboxylic acids is 3. The SMILES string of the molecule is COC(=O)C(Cc1ccc(OCCCNC(=O)C2(Cc3ccccc3)CCC2)cc1)Nc1ccccc1C(=O)c1ccccc1. The van der Waals surface area contributed by atoms with Crippen molar-refractivity contribution in [2.75, 3.05) is 25.6 Å². The first-order valence-electron chi connectivity index (χ1n) is 15.5. The third-order valence-corrected chi connectivity index (χ3v) is 8.44. The van der Waals surface area contributed by atoms with Gasteiger partial charge in [-0.25, -0.2) is 4.79 Å². The van der Waals surface area contributed by atoms with Crippen molar-refractivity contribution in [3.8, 4) is 5.75 Å². The summed E-state index contributed by atoms with van der Waals surface area (Å²) in [5.74, 6) is 0.304. The van der Waals surface area contributed by atoms with Crippen LogP contribution in [-0.2, 0) is 27.2 Å². The van der Waals surface area contributed by atoms with Crippen LogP contribution in [0.5, 0.6) is 5.75 Å². The van der Waals surface area contributed by atoms with E-state index in [2.05, 4.69) is 22.8 Å². The molecule has 1 atom stereocenters. The zero-order chi connectivity index (χ0) is 31.5. The number of rotatable bonds is 15. The van der Waals surface area contributed by atoms with Gasteiger partial charge in [-0.2, -0.15) is 0 Å². The van der Waals surface area contributed by atoms with Crippen molar-refractivity contribution in [3.63, 3.8) is 0 Å². The van der Waals surface area contributed by atoms with Crippen LogP contribution >= 0.6 is 0 Å². The largest absolute Gasteiger partial charge is 0.494 e. The highest BCUT2D eigenvalue weighted by Crippen LogP contribution is 2.44. The molecule has 0 spiro atoms. The standard InChI is InChI=1S/C38H40N2O5/c1-44-36(42)34(40-33-17-9-8-16-32(33)35(41)30-14-6-3-7-15-30)26-28-18-20-31(21-19-28)45-25-11-24-39-37(43)38(22-10-23-38)27-29-12-4-2-5-13-29/h2-9,12-21,34,40H,10-11,22-27H2,1H3,(H,39,43). The first kappa shape index (κ1) is 31.5. The highest BCUT2D eigenvalue weighted by molar-refractivity contribution is 6.12.